The second-order valence-electron chi connectivity index (χ2n) is 5.45. The highest BCUT2D eigenvalue weighted by Gasteiger charge is 2.27. The molecule has 1 heterocycles. The van der Waals surface area contributed by atoms with Crippen LogP contribution in [0.15, 0.2) is 24.3 Å². The molecule has 0 aromatic heterocycles. The summed E-state index contributed by atoms with van der Waals surface area (Å²) in [5.41, 5.74) is 0.964. The number of rotatable bonds is 4. The predicted molar refractivity (Wildman–Crippen MR) is 79.8 cm³/mol. The van der Waals surface area contributed by atoms with Crippen LogP contribution in [0.25, 0.3) is 0 Å². The van der Waals surface area contributed by atoms with Gasteiger partial charge in [-0.25, -0.2) is 0 Å². The third-order valence-corrected chi connectivity index (χ3v) is 3.99. The van der Waals surface area contributed by atoms with Gasteiger partial charge in [0, 0.05) is 24.0 Å². The van der Waals surface area contributed by atoms with Crippen LogP contribution < -0.4 is 0 Å². The zero-order chi connectivity index (χ0) is 14.5. The molecular formula is C16H20ClNO2. The summed E-state index contributed by atoms with van der Waals surface area (Å²) >= 11 is 5.84. The number of piperidine rings is 1. The van der Waals surface area contributed by atoms with Gasteiger partial charge in [-0.1, -0.05) is 23.7 Å². The lowest BCUT2D eigenvalue weighted by molar-refractivity contribution is -0.135. The molecule has 1 fully saturated rings. The highest BCUT2D eigenvalue weighted by atomic mass is 35.5. The molecule has 0 N–H and O–H groups in total. The van der Waals surface area contributed by atoms with Gasteiger partial charge in [0.2, 0.25) is 5.91 Å². The summed E-state index contributed by atoms with van der Waals surface area (Å²) in [5.74, 6) is 0.263. The summed E-state index contributed by atoms with van der Waals surface area (Å²) in [6.07, 6.45) is 3.92. The molecule has 108 valence electrons. The van der Waals surface area contributed by atoms with E-state index < -0.39 is 0 Å². The van der Waals surface area contributed by atoms with Crippen molar-refractivity contribution < 1.29 is 9.59 Å². The maximum Gasteiger partial charge on any atom is 0.227 e. The van der Waals surface area contributed by atoms with Gasteiger partial charge in [0.25, 0.3) is 0 Å². The molecule has 1 saturated heterocycles. The Kier molecular flexibility index (Phi) is 5.18. The Labute approximate surface area is 124 Å². The SMILES string of the molecule is CC(=O)CC1CCCCN1C(=O)Cc1ccc(Cl)cc1. The summed E-state index contributed by atoms with van der Waals surface area (Å²) in [7, 11) is 0. The first-order valence-electron chi connectivity index (χ1n) is 7.09. The van der Waals surface area contributed by atoms with Crippen molar-refractivity contribution in [1.82, 2.24) is 4.90 Å². The quantitative estimate of drug-likeness (QED) is 0.854. The molecule has 20 heavy (non-hydrogen) atoms. The first-order valence-corrected chi connectivity index (χ1v) is 7.47. The third-order valence-electron chi connectivity index (χ3n) is 3.74. The van der Waals surface area contributed by atoms with E-state index in [2.05, 4.69) is 0 Å². The van der Waals surface area contributed by atoms with E-state index in [-0.39, 0.29) is 17.7 Å². The van der Waals surface area contributed by atoms with Crippen molar-refractivity contribution in [3.8, 4) is 0 Å². The van der Waals surface area contributed by atoms with Gasteiger partial charge in [0.15, 0.2) is 0 Å². The number of carbonyl (C=O) groups is 2. The number of carbonyl (C=O) groups excluding carboxylic acids is 2. The van der Waals surface area contributed by atoms with Crippen LogP contribution in [0.1, 0.15) is 38.2 Å². The van der Waals surface area contributed by atoms with Crippen molar-refractivity contribution in [2.75, 3.05) is 6.54 Å². The maximum atomic E-state index is 12.4. The standard InChI is InChI=1S/C16H20ClNO2/c1-12(19)10-15-4-2-3-9-18(15)16(20)11-13-5-7-14(17)8-6-13/h5-8,15H,2-4,9-11H2,1H3. The molecule has 1 amide bonds. The number of benzene rings is 1. The van der Waals surface area contributed by atoms with Crippen molar-refractivity contribution in [3.63, 3.8) is 0 Å². The molecule has 1 aliphatic rings. The monoisotopic (exact) mass is 293 g/mol. The van der Waals surface area contributed by atoms with Crippen LogP contribution in [-0.4, -0.2) is 29.2 Å². The van der Waals surface area contributed by atoms with E-state index in [0.717, 1.165) is 31.4 Å². The lowest BCUT2D eigenvalue weighted by Gasteiger charge is -2.35. The predicted octanol–water partition coefficient (Wildman–Crippen LogP) is 3.24. The number of likely N-dealkylation sites (tertiary alicyclic amines) is 1. The van der Waals surface area contributed by atoms with Gasteiger partial charge in [-0.3, -0.25) is 9.59 Å². The van der Waals surface area contributed by atoms with E-state index in [4.69, 9.17) is 11.6 Å². The summed E-state index contributed by atoms with van der Waals surface area (Å²) in [6.45, 7) is 2.36. The number of hydrogen-bond donors (Lipinski definition) is 0. The number of nitrogens with zero attached hydrogens (tertiary/aromatic N) is 1. The Morgan fingerprint density at radius 3 is 2.60 bits per heavy atom. The zero-order valence-electron chi connectivity index (χ0n) is 11.8. The van der Waals surface area contributed by atoms with Crippen molar-refractivity contribution in [3.05, 3.63) is 34.9 Å². The fourth-order valence-electron chi connectivity index (χ4n) is 2.75. The number of halogens is 1. The lowest BCUT2D eigenvalue weighted by atomic mass is 9.97. The first kappa shape index (κ1) is 15.0. The topological polar surface area (TPSA) is 37.4 Å². The van der Waals surface area contributed by atoms with Gasteiger partial charge in [0.1, 0.15) is 5.78 Å². The molecule has 0 spiro atoms. The molecule has 0 aliphatic carbocycles. The molecule has 1 unspecified atom stereocenters. The van der Waals surface area contributed by atoms with Crippen LogP contribution in [0.3, 0.4) is 0 Å². The fraction of sp³-hybridized carbons (Fsp3) is 0.500. The third kappa shape index (κ3) is 4.07. The molecule has 1 aromatic rings. The van der Waals surface area contributed by atoms with E-state index in [1.54, 1.807) is 19.1 Å². The van der Waals surface area contributed by atoms with Crippen LogP contribution in [0.4, 0.5) is 0 Å². The molecule has 0 radical (unpaired) electrons. The van der Waals surface area contributed by atoms with Gasteiger partial charge < -0.3 is 4.90 Å². The highest BCUT2D eigenvalue weighted by molar-refractivity contribution is 6.30. The van der Waals surface area contributed by atoms with Crippen LogP contribution in [0.2, 0.25) is 5.02 Å². The minimum atomic E-state index is 0.0843. The van der Waals surface area contributed by atoms with Gasteiger partial charge in [-0.2, -0.15) is 0 Å². The summed E-state index contributed by atoms with van der Waals surface area (Å²) in [4.78, 5) is 25.6. The van der Waals surface area contributed by atoms with Crippen molar-refractivity contribution >= 4 is 23.3 Å². The largest absolute Gasteiger partial charge is 0.339 e. The van der Waals surface area contributed by atoms with E-state index >= 15 is 0 Å². The first-order chi connectivity index (χ1) is 9.56. The van der Waals surface area contributed by atoms with Crippen LogP contribution in [-0.2, 0) is 16.0 Å². The second-order valence-corrected chi connectivity index (χ2v) is 5.88. The minimum absolute atomic E-state index is 0.0843. The molecule has 4 heteroatoms. The summed E-state index contributed by atoms with van der Waals surface area (Å²) < 4.78 is 0. The van der Waals surface area contributed by atoms with Gasteiger partial charge in [0.05, 0.1) is 6.42 Å². The van der Waals surface area contributed by atoms with Crippen LogP contribution in [0.5, 0.6) is 0 Å². The number of hydrogen-bond acceptors (Lipinski definition) is 2. The van der Waals surface area contributed by atoms with Crippen molar-refractivity contribution in [2.24, 2.45) is 0 Å². The van der Waals surface area contributed by atoms with Crippen LogP contribution in [0, 0.1) is 0 Å². The smallest absolute Gasteiger partial charge is 0.227 e. The molecule has 3 nitrogen and oxygen atoms in total. The Morgan fingerprint density at radius 1 is 1.25 bits per heavy atom. The minimum Gasteiger partial charge on any atom is -0.339 e. The van der Waals surface area contributed by atoms with E-state index in [1.807, 2.05) is 17.0 Å². The zero-order valence-corrected chi connectivity index (χ0v) is 12.5. The number of amides is 1. The molecular weight excluding hydrogens is 274 g/mol. The van der Waals surface area contributed by atoms with E-state index in [1.165, 1.54) is 0 Å². The maximum absolute atomic E-state index is 12.4. The molecule has 1 atom stereocenters. The highest BCUT2D eigenvalue weighted by Crippen LogP contribution is 2.21. The Bertz CT molecular complexity index is 484. The van der Waals surface area contributed by atoms with Gasteiger partial charge in [-0.15, -0.1) is 0 Å². The Balaban J connectivity index is 2.01. The Hall–Kier alpha value is -1.35. The molecule has 0 bridgehead atoms. The van der Waals surface area contributed by atoms with Gasteiger partial charge in [-0.05, 0) is 43.9 Å². The van der Waals surface area contributed by atoms with E-state index in [9.17, 15) is 9.59 Å². The molecule has 1 aliphatic heterocycles. The van der Waals surface area contributed by atoms with Gasteiger partial charge >= 0.3 is 0 Å². The normalized spacial score (nSPS) is 18.9. The fourth-order valence-corrected chi connectivity index (χ4v) is 2.88. The van der Waals surface area contributed by atoms with Crippen molar-refractivity contribution in [2.45, 2.75) is 45.1 Å². The second kappa shape index (κ2) is 6.89. The lowest BCUT2D eigenvalue weighted by Crippen LogP contribution is -2.45. The number of Topliss-reactive ketones (excluding diaryl/α,β-unsaturated/α-hetero) is 1. The van der Waals surface area contributed by atoms with Crippen molar-refractivity contribution in [1.29, 1.82) is 0 Å². The molecule has 0 saturated carbocycles. The average molecular weight is 294 g/mol. The average Bonchev–Trinajstić information content (AvgIpc) is 2.41. The molecule has 1 aromatic carbocycles. The number of ketones is 1. The summed E-state index contributed by atoms with van der Waals surface area (Å²) in [6, 6.07) is 7.44. The summed E-state index contributed by atoms with van der Waals surface area (Å²) in [5, 5.41) is 0.675. The Morgan fingerprint density at radius 2 is 1.95 bits per heavy atom. The van der Waals surface area contributed by atoms with E-state index in [0.29, 0.717) is 17.9 Å². The van der Waals surface area contributed by atoms with Crippen LogP contribution >= 0.6 is 11.6 Å². The molecule has 2 rings (SSSR count).